The Morgan fingerprint density at radius 1 is 1.35 bits per heavy atom. The Balaban J connectivity index is 1.51. The second-order valence-corrected chi connectivity index (χ2v) is 6.34. The fraction of sp³-hybridized carbons (Fsp3) is 0.235. The van der Waals surface area contributed by atoms with Crippen LogP contribution in [0.4, 0.5) is 0 Å². The Morgan fingerprint density at radius 3 is 3.04 bits per heavy atom. The van der Waals surface area contributed by atoms with Crippen LogP contribution in [-0.4, -0.2) is 27.0 Å². The standard InChI is InChI=1S/C17H17BrN4O/c1-12-8-16-20-10-13(11-22(16)21-12)4-3-7-19-17(23)14-5-2-6-15(18)9-14/h2,5-6,8-11H,3-4,7H2,1H3,(H,19,23). The molecule has 0 saturated carbocycles. The van der Waals surface area contributed by atoms with E-state index in [1.165, 1.54) is 0 Å². The van der Waals surface area contributed by atoms with E-state index in [1.54, 1.807) is 10.6 Å². The Kier molecular flexibility index (Phi) is 4.71. The number of amides is 1. The van der Waals surface area contributed by atoms with Crippen molar-refractivity contribution in [3.05, 3.63) is 64.0 Å². The van der Waals surface area contributed by atoms with E-state index in [9.17, 15) is 4.79 Å². The SMILES string of the molecule is Cc1cc2ncc(CCCNC(=O)c3cccc(Br)c3)cn2n1. The number of fused-ring (bicyclic) bond motifs is 1. The molecule has 0 saturated heterocycles. The zero-order valence-electron chi connectivity index (χ0n) is 12.8. The molecule has 3 aromatic rings. The van der Waals surface area contributed by atoms with Crippen molar-refractivity contribution in [1.82, 2.24) is 19.9 Å². The Bertz CT molecular complexity index is 843. The molecule has 0 aliphatic carbocycles. The molecule has 1 amide bonds. The average molecular weight is 373 g/mol. The van der Waals surface area contributed by atoms with Crippen molar-refractivity contribution < 1.29 is 4.79 Å². The number of aryl methyl sites for hydroxylation is 2. The quantitative estimate of drug-likeness (QED) is 0.699. The zero-order valence-corrected chi connectivity index (χ0v) is 14.4. The van der Waals surface area contributed by atoms with Crippen LogP contribution < -0.4 is 5.32 Å². The highest BCUT2D eigenvalue weighted by atomic mass is 79.9. The van der Waals surface area contributed by atoms with Gasteiger partial charge in [0.05, 0.1) is 5.69 Å². The van der Waals surface area contributed by atoms with Crippen LogP contribution >= 0.6 is 15.9 Å². The molecule has 1 aromatic carbocycles. The van der Waals surface area contributed by atoms with Gasteiger partial charge in [-0.3, -0.25) is 4.79 Å². The number of aromatic nitrogens is 3. The molecule has 0 bridgehead atoms. The number of carbonyl (C=O) groups is 1. The van der Waals surface area contributed by atoms with E-state index >= 15 is 0 Å². The molecule has 23 heavy (non-hydrogen) atoms. The van der Waals surface area contributed by atoms with Crippen LogP contribution in [-0.2, 0) is 6.42 Å². The van der Waals surface area contributed by atoms with Crippen molar-refractivity contribution in [1.29, 1.82) is 0 Å². The highest BCUT2D eigenvalue weighted by Gasteiger charge is 2.05. The summed E-state index contributed by atoms with van der Waals surface area (Å²) in [6, 6.07) is 9.32. The van der Waals surface area contributed by atoms with Gasteiger partial charge < -0.3 is 5.32 Å². The maximum atomic E-state index is 12.0. The summed E-state index contributed by atoms with van der Waals surface area (Å²) in [4.78, 5) is 16.4. The maximum Gasteiger partial charge on any atom is 0.251 e. The Labute approximate surface area is 142 Å². The number of benzene rings is 1. The second kappa shape index (κ2) is 6.91. The van der Waals surface area contributed by atoms with Gasteiger partial charge in [-0.15, -0.1) is 0 Å². The average Bonchev–Trinajstić information content (AvgIpc) is 2.90. The second-order valence-electron chi connectivity index (χ2n) is 5.42. The minimum absolute atomic E-state index is 0.0532. The molecule has 1 N–H and O–H groups in total. The molecule has 0 atom stereocenters. The van der Waals surface area contributed by atoms with Crippen LogP contribution in [0.5, 0.6) is 0 Å². The summed E-state index contributed by atoms with van der Waals surface area (Å²) in [6.45, 7) is 2.58. The summed E-state index contributed by atoms with van der Waals surface area (Å²) in [5.74, 6) is -0.0532. The molecule has 0 unspecified atom stereocenters. The van der Waals surface area contributed by atoms with E-state index < -0.39 is 0 Å². The molecule has 0 aliphatic heterocycles. The van der Waals surface area contributed by atoms with E-state index in [-0.39, 0.29) is 5.91 Å². The summed E-state index contributed by atoms with van der Waals surface area (Å²) < 4.78 is 2.70. The molecule has 3 rings (SSSR count). The monoisotopic (exact) mass is 372 g/mol. The van der Waals surface area contributed by atoms with Gasteiger partial charge in [-0.2, -0.15) is 5.10 Å². The largest absolute Gasteiger partial charge is 0.352 e. The maximum absolute atomic E-state index is 12.0. The van der Waals surface area contributed by atoms with Crippen molar-refractivity contribution in [3.8, 4) is 0 Å². The number of rotatable bonds is 5. The number of halogens is 1. The number of hydrogen-bond acceptors (Lipinski definition) is 3. The highest BCUT2D eigenvalue weighted by Crippen LogP contribution is 2.11. The van der Waals surface area contributed by atoms with Gasteiger partial charge in [0.2, 0.25) is 0 Å². The van der Waals surface area contributed by atoms with Crippen LogP contribution in [0.15, 0.2) is 47.2 Å². The van der Waals surface area contributed by atoms with Gasteiger partial charge in [0.1, 0.15) is 0 Å². The van der Waals surface area contributed by atoms with Crippen molar-refractivity contribution in [2.24, 2.45) is 0 Å². The van der Waals surface area contributed by atoms with Gasteiger partial charge in [-0.25, -0.2) is 9.50 Å². The lowest BCUT2D eigenvalue weighted by atomic mass is 10.2. The Morgan fingerprint density at radius 2 is 2.22 bits per heavy atom. The van der Waals surface area contributed by atoms with Gasteiger partial charge in [0.15, 0.2) is 5.65 Å². The molecule has 5 nitrogen and oxygen atoms in total. The number of hydrogen-bond donors (Lipinski definition) is 1. The first-order valence-corrected chi connectivity index (χ1v) is 8.26. The first kappa shape index (κ1) is 15.7. The Hall–Kier alpha value is -2.21. The molecule has 118 valence electrons. The molecular formula is C17H17BrN4O. The summed E-state index contributed by atoms with van der Waals surface area (Å²) >= 11 is 3.37. The third-order valence-electron chi connectivity index (χ3n) is 3.50. The number of nitrogens with zero attached hydrogens (tertiary/aromatic N) is 3. The van der Waals surface area contributed by atoms with Gasteiger partial charge in [0.25, 0.3) is 5.91 Å². The highest BCUT2D eigenvalue weighted by molar-refractivity contribution is 9.10. The summed E-state index contributed by atoms with van der Waals surface area (Å²) in [7, 11) is 0. The molecule has 0 aliphatic rings. The van der Waals surface area contributed by atoms with Gasteiger partial charge in [-0.05, 0) is 43.5 Å². The van der Waals surface area contributed by atoms with Crippen LogP contribution in [0.25, 0.3) is 5.65 Å². The fourth-order valence-electron chi connectivity index (χ4n) is 2.39. The molecule has 2 heterocycles. The van der Waals surface area contributed by atoms with Gasteiger partial charge in [0, 0.05) is 35.0 Å². The predicted molar refractivity (Wildman–Crippen MR) is 92.5 cm³/mol. The first-order chi connectivity index (χ1) is 11.1. The minimum Gasteiger partial charge on any atom is -0.352 e. The van der Waals surface area contributed by atoms with E-state index in [0.717, 1.165) is 34.2 Å². The zero-order chi connectivity index (χ0) is 16.2. The van der Waals surface area contributed by atoms with Gasteiger partial charge >= 0.3 is 0 Å². The molecule has 0 radical (unpaired) electrons. The topological polar surface area (TPSA) is 59.3 Å². The molecule has 0 spiro atoms. The van der Waals surface area contributed by atoms with Crippen LogP contribution in [0.1, 0.15) is 28.0 Å². The van der Waals surface area contributed by atoms with Crippen LogP contribution in [0.3, 0.4) is 0 Å². The lowest BCUT2D eigenvalue weighted by molar-refractivity contribution is 0.0953. The fourth-order valence-corrected chi connectivity index (χ4v) is 2.79. The van der Waals surface area contributed by atoms with Crippen LogP contribution in [0.2, 0.25) is 0 Å². The lowest BCUT2D eigenvalue weighted by Crippen LogP contribution is -2.24. The predicted octanol–water partition coefficient (Wildman–Crippen LogP) is 3.16. The third-order valence-corrected chi connectivity index (χ3v) is 4.00. The smallest absolute Gasteiger partial charge is 0.251 e. The molecule has 0 fully saturated rings. The minimum atomic E-state index is -0.0532. The summed E-state index contributed by atoms with van der Waals surface area (Å²) in [5.41, 5.74) is 3.58. The third kappa shape index (κ3) is 3.96. The molecule has 2 aromatic heterocycles. The van der Waals surface area contributed by atoms with E-state index in [1.807, 2.05) is 43.6 Å². The van der Waals surface area contributed by atoms with E-state index in [2.05, 4.69) is 31.3 Å². The number of nitrogens with one attached hydrogen (secondary N) is 1. The summed E-state index contributed by atoms with van der Waals surface area (Å²) in [6.07, 6.45) is 5.56. The van der Waals surface area contributed by atoms with Gasteiger partial charge in [-0.1, -0.05) is 22.0 Å². The van der Waals surface area contributed by atoms with Crippen molar-refractivity contribution >= 4 is 27.5 Å². The lowest BCUT2D eigenvalue weighted by Gasteiger charge is -2.06. The van der Waals surface area contributed by atoms with Crippen molar-refractivity contribution in [2.45, 2.75) is 19.8 Å². The van der Waals surface area contributed by atoms with E-state index in [4.69, 9.17) is 0 Å². The van der Waals surface area contributed by atoms with Crippen molar-refractivity contribution in [2.75, 3.05) is 6.54 Å². The number of carbonyl (C=O) groups excluding carboxylic acids is 1. The first-order valence-electron chi connectivity index (χ1n) is 7.46. The normalized spacial score (nSPS) is 10.9. The summed E-state index contributed by atoms with van der Waals surface area (Å²) in [5, 5.41) is 7.29. The molecular weight excluding hydrogens is 356 g/mol. The van der Waals surface area contributed by atoms with Crippen LogP contribution in [0, 0.1) is 6.92 Å². The van der Waals surface area contributed by atoms with E-state index in [0.29, 0.717) is 12.1 Å². The van der Waals surface area contributed by atoms with Crippen molar-refractivity contribution in [3.63, 3.8) is 0 Å². The molecule has 6 heteroatoms.